The summed E-state index contributed by atoms with van der Waals surface area (Å²) in [5.41, 5.74) is 6.30. The van der Waals surface area contributed by atoms with Crippen LogP contribution in [0.2, 0.25) is 0 Å². The molecule has 2 N–H and O–H groups in total. The van der Waals surface area contributed by atoms with Gasteiger partial charge in [-0.05, 0) is 24.6 Å². The molecule has 0 amide bonds. The van der Waals surface area contributed by atoms with E-state index in [0.29, 0.717) is 23.4 Å². The number of halogens is 3. The Balaban J connectivity index is 1.39. The highest BCUT2D eigenvalue weighted by atomic mass is 19.4. The summed E-state index contributed by atoms with van der Waals surface area (Å²) in [6.07, 6.45) is 4.07. The summed E-state index contributed by atoms with van der Waals surface area (Å²) in [5, 5.41) is 11.3. The third kappa shape index (κ3) is 3.92. The number of nitrogens with one attached hydrogen (secondary N) is 2. The largest absolute Gasteiger partial charge is 0.573 e. The Morgan fingerprint density at radius 3 is 2.59 bits per heavy atom. The van der Waals surface area contributed by atoms with Gasteiger partial charge in [-0.15, -0.1) is 13.2 Å². The molecule has 4 aromatic heterocycles. The highest BCUT2D eigenvalue weighted by Gasteiger charge is 2.30. The van der Waals surface area contributed by atoms with Crippen molar-refractivity contribution in [2.24, 2.45) is 0 Å². The molecular formula is C21H16F3N7O. The van der Waals surface area contributed by atoms with Crippen LogP contribution in [-0.2, 0) is 6.54 Å². The quantitative estimate of drug-likeness (QED) is 0.421. The van der Waals surface area contributed by atoms with Gasteiger partial charge in [-0.2, -0.15) is 10.2 Å². The average Bonchev–Trinajstić information content (AvgIpc) is 3.47. The fourth-order valence-electron chi connectivity index (χ4n) is 3.42. The number of H-pyrrole nitrogens is 2. The van der Waals surface area contributed by atoms with E-state index < -0.39 is 6.36 Å². The Hall–Kier alpha value is -4.15. The van der Waals surface area contributed by atoms with Gasteiger partial charge in [-0.25, -0.2) is 9.97 Å². The first-order chi connectivity index (χ1) is 15.4. The maximum Gasteiger partial charge on any atom is 0.573 e. The molecule has 0 radical (unpaired) electrons. The Morgan fingerprint density at radius 1 is 1.06 bits per heavy atom. The Labute approximate surface area is 179 Å². The van der Waals surface area contributed by atoms with Crippen LogP contribution >= 0.6 is 0 Å². The van der Waals surface area contributed by atoms with Crippen molar-refractivity contribution in [1.82, 2.24) is 34.9 Å². The van der Waals surface area contributed by atoms with E-state index in [-0.39, 0.29) is 5.75 Å². The van der Waals surface area contributed by atoms with Crippen molar-refractivity contribution < 1.29 is 17.9 Å². The summed E-state index contributed by atoms with van der Waals surface area (Å²) in [5.74, 6) is -0.261. The summed E-state index contributed by atoms with van der Waals surface area (Å²) in [4.78, 5) is 12.3. The molecule has 11 heteroatoms. The van der Waals surface area contributed by atoms with E-state index in [9.17, 15) is 13.2 Å². The monoisotopic (exact) mass is 439 g/mol. The summed E-state index contributed by atoms with van der Waals surface area (Å²) >= 11 is 0. The van der Waals surface area contributed by atoms with Crippen LogP contribution in [0.15, 0.2) is 55.2 Å². The molecule has 0 spiro atoms. The van der Waals surface area contributed by atoms with Crippen LogP contribution in [0.5, 0.6) is 5.75 Å². The topological polar surface area (TPSA) is 97.3 Å². The van der Waals surface area contributed by atoms with Crippen molar-refractivity contribution in [3.8, 4) is 28.1 Å². The molecule has 0 saturated heterocycles. The zero-order chi connectivity index (χ0) is 22.3. The molecule has 0 fully saturated rings. The highest BCUT2D eigenvalue weighted by molar-refractivity contribution is 5.91. The van der Waals surface area contributed by atoms with E-state index in [2.05, 4.69) is 30.0 Å². The van der Waals surface area contributed by atoms with Crippen molar-refractivity contribution in [1.29, 1.82) is 0 Å². The van der Waals surface area contributed by atoms with Crippen LogP contribution in [-0.4, -0.2) is 41.3 Å². The summed E-state index contributed by atoms with van der Waals surface area (Å²) in [7, 11) is 0. The van der Waals surface area contributed by atoms with Gasteiger partial charge in [-0.1, -0.05) is 12.1 Å². The molecular weight excluding hydrogens is 423 g/mol. The van der Waals surface area contributed by atoms with E-state index in [4.69, 9.17) is 4.98 Å². The van der Waals surface area contributed by atoms with Crippen LogP contribution in [0.25, 0.3) is 33.5 Å². The minimum Gasteiger partial charge on any atom is -0.406 e. The number of ether oxygens (including phenoxy) is 1. The van der Waals surface area contributed by atoms with E-state index in [1.54, 1.807) is 35.4 Å². The van der Waals surface area contributed by atoms with Gasteiger partial charge in [0.25, 0.3) is 0 Å². The van der Waals surface area contributed by atoms with Gasteiger partial charge < -0.3 is 9.72 Å². The van der Waals surface area contributed by atoms with Crippen LogP contribution in [0.3, 0.4) is 0 Å². The fourth-order valence-corrected chi connectivity index (χ4v) is 3.42. The maximum atomic E-state index is 12.3. The molecule has 0 aliphatic heterocycles. The molecule has 0 atom stereocenters. The highest BCUT2D eigenvalue weighted by Crippen LogP contribution is 2.29. The Morgan fingerprint density at radius 2 is 1.88 bits per heavy atom. The molecule has 0 aliphatic carbocycles. The molecule has 0 saturated carbocycles. The molecule has 8 nitrogen and oxygen atoms in total. The smallest absolute Gasteiger partial charge is 0.406 e. The van der Waals surface area contributed by atoms with Gasteiger partial charge in [0.2, 0.25) is 0 Å². The van der Waals surface area contributed by atoms with Crippen molar-refractivity contribution in [2.45, 2.75) is 19.8 Å². The molecule has 4 heterocycles. The number of rotatable bonds is 5. The number of fused-ring (bicyclic) bond motifs is 1. The van der Waals surface area contributed by atoms with Gasteiger partial charge in [0.05, 0.1) is 30.8 Å². The van der Waals surface area contributed by atoms with Crippen molar-refractivity contribution >= 4 is 11.2 Å². The molecule has 1 aromatic carbocycles. The summed E-state index contributed by atoms with van der Waals surface area (Å²) < 4.78 is 42.5. The van der Waals surface area contributed by atoms with Gasteiger partial charge in [0, 0.05) is 34.8 Å². The first-order valence-corrected chi connectivity index (χ1v) is 9.58. The van der Waals surface area contributed by atoms with Crippen LogP contribution in [0.1, 0.15) is 11.3 Å². The average molecular weight is 439 g/mol. The van der Waals surface area contributed by atoms with Crippen LogP contribution in [0.4, 0.5) is 13.2 Å². The molecule has 0 bridgehead atoms. The molecule has 0 aliphatic rings. The number of aromatic nitrogens is 7. The number of benzene rings is 1. The second kappa shape index (κ2) is 7.52. The van der Waals surface area contributed by atoms with Crippen LogP contribution in [0, 0.1) is 6.92 Å². The first-order valence-electron chi connectivity index (χ1n) is 9.58. The van der Waals surface area contributed by atoms with Crippen molar-refractivity contribution in [3.05, 3.63) is 66.5 Å². The lowest BCUT2D eigenvalue weighted by atomic mass is 10.1. The van der Waals surface area contributed by atoms with Crippen molar-refractivity contribution in [3.63, 3.8) is 0 Å². The lowest BCUT2D eigenvalue weighted by molar-refractivity contribution is -0.274. The van der Waals surface area contributed by atoms with Gasteiger partial charge in [0.1, 0.15) is 11.3 Å². The van der Waals surface area contributed by atoms with E-state index in [0.717, 1.165) is 27.9 Å². The number of hydrogen-bond donors (Lipinski definition) is 2. The second-order valence-electron chi connectivity index (χ2n) is 7.18. The Bertz CT molecular complexity index is 1380. The van der Waals surface area contributed by atoms with E-state index in [1.807, 2.05) is 19.3 Å². The minimum atomic E-state index is -4.71. The lowest BCUT2D eigenvalue weighted by Crippen LogP contribution is -2.17. The maximum absolute atomic E-state index is 12.3. The minimum absolute atomic E-state index is 0.261. The summed E-state index contributed by atoms with van der Waals surface area (Å²) in [6, 6.07) is 5.70. The predicted molar refractivity (Wildman–Crippen MR) is 110 cm³/mol. The normalized spacial score (nSPS) is 11.9. The number of aromatic amines is 2. The van der Waals surface area contributed by atoms with Crippen molar-refractivity contribution in [2.75, 3.05) is 0 Å². The Kier molecular flexibility index (Phi) is 4.65. The number of hydrogen-bond acceptors (Lipinski definition) is 5. The molecule has 162 valence electrons. The second-order valence-corrected chi connectivity index (χ2v) is 7.18. The van der Waals surface area contributed by atoms with Crippen LogP contribution < -0.4 is 4.74 Å². The molecule has 5 rings (SSSR count). The zero-order valence-corrected chi connectivity index (χ0v) is 16.7. The van der Waals surface area contributed by atoms with E-state index in [1.165, 1.54) is 12.1 Å². The molecule has 5 aromatic rings. The van der Waals surface area contributed by atoms with Gasteiger partial charge in [0.15, 0.2) is 5.65 Å². The third-order valence-electron chi connectivity index (χ3n) is 4.93. The lowest BCUT2D eigenvalue weighted by Gasteiger charge is -2.09. The van der Waals surface area contributed by atoms with Gasteiger partial charge in [-0.3, -0.25) is 9.78 Å². The predicted octanol–water partition coefficient (Wildman–Crippen LogP) is 4.47. The number of nitrogens with zero attached hydrogens (tertiary/aromatic N) is 5. The third-order valence-corrected chi connectivity index (χ3v) is 4.93. The van der Waals surface area contributed by atoms with E-state index >= 15 is 0 Å². The van der Waals surface area contributed by atoms with Gasteiger partial charge >= 0.3 is 6.36 Å². The standard InChI is InChI=1S/C21H16F3N7O/c1-12-16(8-27-30-12)18-9-26-20-19(29-18)17(7-25-20)14-6-28-31(11-14)10-13-2-4-15(5-3-13)32-21(22,23)24/h2-9,11H,10H2,1H3,(H,25,26)(H,27,30). The molecule has 32 heavy (non-hydrogen) atoms. The fraction of sp³-hybridized carbons (Fsp3) is 0.143. The number of aryl methyl sites for hydroxylation is 1. The molecule has 0 unspecified atom stereocenters. The number of alkyl halides is 3. The SMILES string of the molecule is Cc1[nH]ncc1-c1cnc2[nH]cc(-c3cnn(Cc4ccc(OC(F)(F)F)cc4)c3)c2n1. The zero-order valence-electron chi connectivity index (χ0n) is 16.7. The summed E-state index contributed by atoms with van der Waals surface area (Å²) in [6.45, 7) is 2.30. The first kappa shape index (κ1) is 19.8.